The molecule has 0 fully saturated rings. The lowest BCUT2D eigenvalue weighted by molar-refractivity contribution is -0.137. The zero-order valence-corrected chi connectivity index (χ0v) is 24.6. The van der Waals surface area contributed by atoms with Gasteiger partial charge in [0, 0.05) is 29.4 Å². The van der Waals surface area contributed by atoms with Gasteiger partial charge in [-0.3, -0.25) is 9.78 Å². The second-order valence-corrected chi connectivity index (χ2v) is 12.0. The van der Waals surface area contributed by atoms with E-state index in [1.54, 1.807) is 76.5 Å². The Kier molecular flexibility index (Phi) is 9.00. The van der Waals surface area contributed by atoms with Crippen LogP contribution in [0.15, 0.2) is 67.0 Å². The van der Waals surface area contributed by atoms with Gasteiger partial charge < -0.3 is 15.4 Å². The number of carbonyl (C=O) groups is 2. The number of halogens is 3. The molecule has 0 radical (unpaired) electrons. The van der Waals surface area contributed by atoms with Gasteiger partial charge in [0.1, 0.15) is 16.3 Å². The van der Waals surface area contributed by atoms with E-state index in [1.165, 1.54) is 17.4 Å². The standard InChI is InChI=1S/C31H31F3N4O3S/c1-18-16-36-28(42-18)22-12-13-35-26(14-22)27(39)38-19(2)20-6-8-21(9-7-20)25-15-24(31(32,33)34)11-10-23(25)17-37-29(40)41-30(3,4)5/h6-16,19H,17H2,1-5H3,(H,37,40)(H,38,39)/t19-/m1/s1. The number of carbonyl (C=O) groups excluding carboxylic acids is 2. The van der Waals surface area contributed by atoms with Gasteiger partial charge >= 0.3 is 12.3 Å². The van der Waals surface area contributed by atoms with Crippen LogP contribution in [0.5, 0.6) is 0 Å². The molecule has 1 atom stereocenters. The number of nitrogens with one attached hydrogen (secondary N) is 2. The molecule has 4 aromatic rings. The second kappa shape index (κ2) is 12.3. The Hall–Kier alpha value is -4.25. The fraction of sp³-hybridized carbons (Fsp3) is 0.290. The summed E-state index contributed by atoms with van der Waals surface area (Å²) in [6.07, 6.45) is -1.87. The summed E-state index contributed by atoms with van der Waals surface area (Å²) in [6.45, 7) is 8.90. The smallest absolute Gasteiger partial charge is 0.416 e. The third kappa shape index (κ3) is 7.94. The molecule has 2 N–H and O–H groups in total. The molecule has 4 rings (SSSR count). The number of rotatable bonds is 7. The molecule has 2 heterocycles. The number of hydrogen-bond acceptors (Lipinski definition) is 6. The number of benzene rings is 2. The van der Waals surface area contributed by atoms with E-state index in [0.29, 0.717) is 16.7 Å². The quantitative estimate of drug-likeness (QED) is 0.228. The van der Waals surface area contributed by atoms with Gasteiger partial charge in [0.25, 0.3) is 5.91 Å². The van der Waals surface area contributed by atoms with Crippen molar-refractivity contribution in [3.05, 3.63) is 94.3 Å². The lowest BCUT2D eigenvalue weighted by Gasteiger charge is -2.20. The highest BCUT2D eigenvalue weighted by atomic mass is 32.1. The largest absolute Gasteiger partial charge is 0.444 e. The van der Waals surface area contributed by atoms with Crippen LogP contribution >= 0.6 is 11.3 Å². The van der Waals surface area contributed by atoms with Crippen LogP contribution < -0.4 is 10.6 Å². The van der Waals surface area contributed by atoms with Gasteiger partial charge in [-0.2, -0.15) is 13.2 Å². The first-order valence-corrected chi connectivity index (χ1v) is 14.0. The van der Waals surface area contributed by atoms with Gasteiger partial charge in [0.05, 0.1) is 11.6 Å². The number of aryl methyl sites for hydroxylation is 1. The third-order valence-corrected chi connectivity index (χ3v) is 7.15. The first kappa shape index (κ1) is 30.7. The van der Waals surface area contributed by atoms with Crippen LogP contribution in [0.1, 0.15) is 65.8 Å². The van der Waals surface area contributed by atoms with Gasteiger partial charge in [0.15, 0.2) is 0 Å². The molecule has 2 aromatic heterocycles. The van der Waals surface area contributed by atoms with Crippen molar-refractivity contribution in [1.82, 2.24) is 20.6 Å². The van der Waals surface area contributed by atoms with E-state index < -0.39 is 29.5 Å². The van der Waals surface area contributed by atoms with Crippen molar-refractivity contribution in [2.45, 2.75) is 59.0 Å². The van der Waals surface area contributed by atoms with E-state index in [4.69, 9.17) is 4.74 Å². The van der Waals surface area contributed by atoms with Crippen LogP contribution in [0, 0.1) is 6.92 Å². The fourth-order valence-corrected chi connectivity index (χ4v) is 4.90. The minimum absolute atomic E-state index is 0.0246. The maximum Gasteiger partial charge on any atom is 0.416 e. The topological polar surface area (TPSA) is 93.2 Å². The summed E-state index contributed by atoms with van der Waals surface area (Å²) >= 11 is 1.52. The summed E-state index contributed by atoms with van der Waals surface area (Å²) < 4.78 is 45.8. The number of amides is 2. The lowest BCUT2D eigenvalue weighted by Crippen LogP contribution is -2.32. The Labute approximate surface area is 246 Å². The molecule has 220 valence electrons. The molecule has 11 heteroatoms. The number of pyridine rings is 1. The maximum absolute atomic E-state index is 13.5. The minimum atomic E-state index is -4.53. The SMILES string of the molecule is Cc1cnc(-c2ccnc(C(=O)N[C@H](C)c3ccc(-c4cc(C(F)(F)F)ccc4CNC(=O)OC(C)(C)C)cc3)c2)s1. The normalized spacial score (nSPS) is 12.5. The molecule has 0 aliphatic carbocycles. The summed E-state index contributed by atoms with van der Waals surface area (Å²) in [5.74, 6) is -0.366. The summed E-state index contributed by atoms with van der Waals surface area (Å²) in [4.78, 5) is 34.7. The van der Waals surface area contributed by atoms with Gasteiger partial charge in [0.2, 0.25) is 0 Å². The van der Waals surface area contributed by atoms with Gasteiger partial charge in [-0.05, 0) is 81.1 Å². The molecule has 2 amide bonds. The Morgan fingerprint density at radius 1 is 0.976 bits per heavy atom. The number of hydrogen-bond donors (Lipinski definition) is 2. The monoisotopic (exact) mass is 596 g/mol. The highest BCUT2D eigenvalue weighted by Gasteiger charge is 2.31. The highest BCUT2D eigenvalue weighted by Crippen LogP contribution is 2.34. The molecule has 2 aromatic carbocycles. The molecule has 42 heavy (non-hydrogen) atoms. The van der Waals surface area contributed by atoms with Crippen molar-refractivity contribution < 1.29 is 27.5 Å². The predicted molar refractivity (Wildman–Crippen MR) is 156 cm³/mol. The van der Waals surface area contributed by atoms with Crippen molar-refractivity contribution in [2.75, 3.05) is 0 Å². The number of thiazole rings is 1. The zero-order valence-electron chi connectivity index (χ0n) is 23.8. The van der Waals surface area contributed by atoms with Crippen molar-refractivity contribution in [1.29, 1.82) is 0 Å². The first-order chi connectivity index (χ1) is 19.7. The number of alkyl halides is 3. The molecule has 0 aliphatic rings. The average molecular weight is 597 g/mol. The molecule has 0 unspecified atom stereocenters. The van der Waals surface area contributed by atoms with Crippen LogP contribution in [0.25, 0.3) is 21.7 Å². The number of alkyl carbamates (subject to hydrolysis) is 1. The molecular weight excluding hydrogens is 565 g/mol. The Morgan fingerprint density at radius 2 is 1.69 bits per heavy atom. The molecule has 0 spiro atoms. The fourth-order valence-electron chi connectivity index (χ4n) is 4.14. The predicted octanol–water partition coefficient (Wildman–Crippen LogP) is 7.72. The van der Waals surface area contributed by atoms with E-state index in [1.807, 2.05) is 6.92 Å². The molecule has 7 nitrogen and oxygen atoms in total. The summed E-state index contributed by atoms with van der Waals surface area (Å²) in [6, 6.07) is 13.3. The van der Waals surface area contributed by atoms with Crippen molar-refractivity contribution in [3.63, 3.8) is 0 Å². The van der Waals surface area contributed by atoms with Crippen LogP contribution in [0.4, 0.5) is 18.0 Å². The van der Waals surface area contributed by atoms with Crippen molar-refractivity contribution in [2.24, 2.45) is 0 Å². The highest BCUT2D eigenvalue weighted by molar-refractivity contribution is 7.14. The van der Waals surface area contributed by atoms with Crippen molar-refractivity contribution in [3.8, 4) is 21.7 Å². The van der Waals surface area contributed by atoms with Crippen LogP contribution in [0.2, 0.25) is 0 Å². The lowest BCUT2D eigenvalue weighted by atomic mass is 9.95. The number of aromatic nitrogens is 2. The van der Waals surface area contributed by atoms with Gasteiger partial charge in [-0.1, -0.05) is 30.3 Å². The van der Waals surface area contributed by atoms with E-state index >= 15 is 0 Å². The van der Waals surface area contributed by atoms with E-state index in [9.17, 15) is 22.8 Å². The van der Waals surface area contributed by atoms with Gasteiger partial charge in [-0.25, -0.2) is 9.78 Å². The van der Waals surface area contributed by atoms with Gasteiger partial charge in [-0.15, -0.1) is 11.3 Å². The minimum Gasteiger partial charge on any atom is -0.444 e. The number of ether oxygens (including phenoxy) is 1. The second-order valence-electron chi connectivity index (χ2n) is 10.7. The first-order valence-electron chi connectivity index (χ1n) is 13.2. The molecule has 0 saturated heterocycles. The van der Waals surface area contributed by atoms with E-state index in [0.717, 1.165) is 33.1 Å². The number of nitrogens with zero attached hydrogens (tertiary/aromatic N) is 2. The zero-order chi connectivity index (χ0) is 30.7. The average Bonchev–Trinajstić information content (AvgIpc) is 3.36. The molecule has 0 saturated carbocycles. The van der Waals surface area contributed by atoms with Crippen LogP contribution in [-0.2, 0) is 17.5 Å². The molecule has 0 aliphatic heterocycles. The molecule has 0 bridgehead atoms. The van der Waals surface area contributed by atoms with E-state index in [-0.39, 0.29) is 18.1 Å². The summed E-state index contributed by atoms with van der Waals surface area (Å²) in [7, 11) is 0. The van der Waals surface area contributed by atoms with E-state index in [2.05, 4.69) is 20.6 Å². The summed E-state index contributed by atoms with van der Waals surface area (Å²) in [5.41, 5.74) is 1.61. The third-order valence-electron chi connectivity index (χ3n) is 6.19. The van der Waals surface area contributed by atoms with Crippen molar-refractivity contribution >= 4 is 23.3 Å². The van der Waals surface area contributed by atoms with Crippen LogP contribution in [-0.4, -0.2) is 27.6 Å². The Balaban J connectivity index is 1.51. The maximum atomic E-state index is 13.5. The molecular formula is C31H31F3N4O3S. The Bertz CT molecular complexity index is 1580. The Morgan fingerprint density at radius 3 is 2.31 bits per heavy atom. The van der Waals surface area contributed by atoms with Crippen LogP contribution in [0.3, 0.4) is 0 Å². The summed E-state index contributed by atoms with van der Waals surface area (Å²) in [5, 5.41) is 6.32.